The van der Waals surface area contributed by atoms with E-state index in [9.17, 15) is 14.7 Å². The average Bonchev–Trinajstić information content (AvgIpc) is 2.46. The molecule has 0 heterocycles. The Kier molecular flexibility index (Phi) is 5.01. The summed E-state index contributed by atoms with van der Waals surface area (Å²) in [5, 5.41) is 12.2. The highest BCUT2D eigenvalue weighted by atomic mass is 16.3. The summed E-state index contributed by atoms with van der Waals surface area (Å²) in [6.07, 6.45) is 0.172. The van der Waals surface area contributed by atoms with E-state index in [-0.39, 0.29) is 24.0 Å². The third-order valence-electron chi connectivity index (χ3n) is 3.42. The number of hydrogen-bond donors (Lipinski definition) is 2. The van der Waals surface area contributed by atoms with E-state index >= 15 is 0 Å². The van der Waals surface area contributed by atoms with Crippen LogP contribution in [0.1, 0.15) is 21.5 Å². The molecule has 5 heteroatoms. The average molecular weight is 312 g/mol. The predicted octanol–water partition coefficient (Wildman–Crippen LogP) is 2.58. The maximum Gasteiger partial charge on any atom is 0.253 e. The van der Waals surface area contributed by atoms with Crippen LogP contribution in [0.15, 0.2) is 42.5 Å². The molecular weight excluding hydrogens is 292 g/mol. The van der Waals surface area contributed by atoms with Crippen molar-refractivity contribution < 1.29 is 14.7 Å². The second-order valence-electron chi connectivity index (χ2n) is 5.62. The van der Waals surface area contributed by atoms with Gasteiger partial charge in [-0.15, -0.1) is 0 Å². The maximum atomic E-state index is 12.1. The monoisotopic (exact) mass is 312 g/mol. The fourth-order valence-corrected chi connectivity index (χ4v) is 2.28. The molecule has 2 rings (SSSR count). The first-order valence-electron chi connectivity index (χ1n) is 7.27. The number of carbonyl (C=O) groups is 2. The molecule has 0 aromatic heterocycles. The lowest BCUT2D eigenvalue weighted by Crippen LogP contribution is -2.22. The number of benzene rings is 2. The number of hydrogen-bond acceptors (Lipinski definition) is 3. The number of anilines is 1. The van der Waals surface area contributed by atoms with Crippen molar-refractivity contribution >= 4 is 17.5 Å². The standard InChI is InChI=1S/C18H20N2O3/c1-12-9-14(7-8-16(12)18(23)20(2)3)19-17(22)11-13-5-4-6-15(21)10-13/h4-10,21H,11H2,1-3H3,(H,19,22). The molecule has 2 aromatic carbocycles. The van der Waals surface area contributed by atoms with E-state index in [0.717, 1.165) is 11.1 Å². The van der Waals surface area contributed by atoms with Crippen molar-refractivity contribution in [1.29, 1.82) is 0 Å². The topological polar surface area (TPSA) is 69.6 Å². The van der Waals surface area contributed by atoms with Gasteiger partial charge in [0.05, 0.1) is 6.42 Å². The predicted molar refractivity (Wildman–Crippen MR) is 89.6 cm³/mol. The van der Waals surface area contributed by atoms with Crippen LogP contribution in [0.3, 0.4) is 0 Å². The SMILES string of the molecule is Cc1cc(NC(=O)Cc2cccc(O)c2)ccc1C(=O)N(C)C. The third-order valence-corrected chi connectivity index (χ3v) is 3.42. The minimum Gasteiger partial charge on any atom is -0.508 e. The molecule has 120 valence electrons. The number of amides is 2. The van der Waals surface area contributed by atoms with Gasteiger partial charge in [0.15, 0.2) is 0 Å². The first-order chi connectivity index (χ1) is 10.9. The fraction of sp³-hybridized carbons (Fsp3) is 0.222. The molecule has 2 aromatic rings. The number of phenols is 1. The Hall–Kier alpha value is -2.82. The summed E-state index contributed by atoms with van der Waals surface area (Å²) in [5.74, 6) is -0.112. The first kappa shape index (κ1) is 16.5. The van der Waals surface area contributed by atoms with Crippen molar-refractivity contribution in [3.05, 3.63) is 59.2 Å². The van der Waals surface area contributed by atoms with Crippen LogP contribution < -0.4 is 5.32 Å². The molecular formula is C18H20N2O3. The van der Waals surface area contributed by atoms with Crippen molar-refractivity contribution in [2.24, 2.45) is 0 Å². The highest BCUT2D eigenvalue weighted by Gasteiger charge is 2.12. The second kappa shape index (κ2) is 6.96. The summed E-state index contributed by atoms with van der Waals surface area (Å²) in [4.78, 5) is 25.6. The summed E-state index contributed by atoms with van der Waals surface area (Å²) in [6, 6.07) is 11.8. The smallest absolute Gasteiger partial charge is 0.253 e. The van der Waals surface area contributed by atoms with E-state index in [1.165, 1.54) is 4.90 Å². The number of rotatable bonds is 4. The molecule has 0 radical (unpaired) electrons. The summed E-state index contributed by atoms with van der Waals surface area (Å²) < 4.78 is 0. The van der Waals surface area contributed by atoms with E-state index in [0.29, 0.717) is 11.3 Å². The van der Waals surface area contributed by atoms with Crippen LogP contribution in [0.4, 0.5) is 5.69 Å². The molecule has 5 nitrogen and oxygen atoms in total. The number of aryl methyl sites for hydroxylation is 1. The van der Waals surface area contributed by atoms with Gasteiger partial charge in [-0.1, -0.05) is 12.1 Å². The number of nitrogens with zero attached hydrogens (tertiary/aromatic N) is 1. The van der Waals surface area contributed by atoms with Gasteiger partial charge in [0.25, 0.3) is 5.91 Å². The normalized spacial score (nSPS) is 10.2. The van der Waals surface area contributed by atoms with E-state index in [1.807, 2.05) is 6.92 Å². The minimum absolute atomic E-state index is 0.0693. The van der Waals surface area contributed by atoms with Crippen molar-refractivity contribution in [2.45, 2.75) is 13.3 Å². The Morgan fingerprint density at radius 3 is 2.48 bits per heavy atom. The van der Waals surface area contributed by atoms with E-state index in [1.54, 1.807) is 56.6 Å². The van der Waals surface area contributed by atoms with Crippen LogP contribution in [0.2, 0.25) is 0 Å². The zero-order chi connectivity index (χ0) is 17.0. The molecule has 2 N–H and O–H groups in total. The van der Waals surface area contributed by atoms with Crippen LogP contribution in [0, 0.1) is 6.92 Å². The highest BCUT2D eigenvalue weighted by Crippen LogP contribution is 2.17. The zero-order valence-electron chi connectivity index (χ0n) is 13.5. The van der Waals surface area contributed by atoms with Gasteiger partial charge < -0.3 is 15.3 Å². The number of aromatic hydroxyl groups is 1. The van der Waals surface area contributed by atoms with Gasteiger partial charge in [-0.3, -0.25) is 9.59 Å². The summed E-state index contributed by atoms with van der Waals surface area (Å²) in [5.41, 5.74) is 2.79. The molecule has 0 saturated heterocycles. The van der Waals surface area contributed by atoms with E-state index in [2.05, 4.69) is 5.32 Å². The number of carbonyl (C=O) groups excluding carboxylic acids is 2. The molecule has 0 spiro atoms. The van der Waals surface area contributed by atoms with Crippen molar-refractivity contribution in [3.8, 4) is 5.75 Å². The third kappa shape index (κ3) is 4.32. The molecule has 23 heavy (non-hydrogen) atoms. The maximum absolute atomic E-state index is 12.1. The Labute approximate surface area is 135 Å². The lowest BCUT2D eigenvalue weighted by Gasteiger charge is -2.13. The molecule has 0 bridgehead atoms. The molecule has 0 saturated carbocycles. The molecule has 0 atom stereocenters. The Morgan fingerprint density at radius 2 is 1.87 bits per heavy atom. The number of phenolic OH excluding ortho intramolecular Hbond substituents is 1. The molecule has 0 unspecified atom stereocenters. The quantitative estimate of drug-likeness (QED) is 0.911. The van der Waals surface area contributed by atoms with Gasteiger partial charge in [-0.2, -0.15) is 0 Å². The Morgan fingerprint density at radius 1 is 1.13 bits per heavy atom. The van der Waals surface area contributed by atoms with Gasteiger partial charge in [0.2, 0.25) is 5.91 Å². The van der Waals surface area contributed by atoms with E-state index < -0.39 is 0 Å². The lowest BCUT2D eigenvalue weighted by atomic mass is 10.1. The summed E-state index contributed by atoms with van der Waals surface area (Å²) in [7, 11) is 3.40. The second-order valence-corrected chi connectivity index (χ2v) is 5.62. The number of nitrogens with one attached hydrogen (secondary N) is 1. The van der Waals surface area contributed by atoms with Gasteiger partial charge in [0, 0.05) is 25.3 Å². The van der Waals surface area contributed by atoms with Crippen molar-refractivity contribution in [2.75, 3.05) is 19.4 Å². The van der Waals surface area contributed by atoms with Crippen molar-refractivity contribution in [3.63, 3.8) is 0 Å². The molecule has 0 aliphatic heterocycles. The summed E-state index contributed by atoms with van der Waals surface area (Å²) >= 11 is 0. The molecule has 0 fully saturated rings. The van der Waals surface area contributed by atoms with Crippen LogP contribution in [-0.4, -0.2) is 35.9 Å². The van der Waals surface area contributed by atoms with Gasteiger partial charge in [-0.25, -0.2) is 0 Å². The van der Waals surface area contributed by atoms with Crippen LogP contribution in [0.25, 0.3) is 0 Å². The molecule has 0 aliphatic carbocycles. The Balaban J connectivity index is 2.07. The van der Waals surface area contributed by atoms with Crippen LogP contribution in [0.5, 0.6) is 5.75 Å². The van der Waals surface area contributed by atoms with E-state index in [4.69, 9.17) is 0 Å². The summed E-state index contributed by atoms with van der Waals surface area (Å²) in [6.45, 7) is 1.83. The Bertz CT molecular complexity index is 739. The molecule has 0 aliphatic rings. The zero-order valence-corrected chi connectivity index (χ0v) is 13.5. The van der Waals surface area contributed by atoms with Gasteiger partial charge in [0.1, 0.15) is 5.75 Å². The lowest BCUT2D eigenvalue weighted by molar-refractivity contribution is -0.115. The highest BCUT2D eigenvalue weighted by molar-refractivity contribution is 5.97. The minimum atomic E-state index is -0.179. The van der Waals surface area contributed by atoms with Gasteiger partial charge >= 0.3 is 0 Å². The van der Waals surface area contributed by atoms with Crippen LogP contribution >= 0.6 is 0 Å². The van der Waals surface area contributed by atoms with Gasteiger partial charge in [-0.05, 0) is 48.4 Å². The fourth-order valence-electron chi connectivity index (χ4n) is 2.28. The molecule has 2 amide bonds. The van der Waals surface area contributed by atoms with Crippen LogP contribution in [-0.2, 0) is 11.2 Å². The van der Waals surface area contributed by atoms with Crippen molar-refractivity contribution in [1.82, 2.24) is 4.90 Å². The first-order valence-corrected chi connectivity index (χ1v) is 7.27. The largest absolute Gasteiger partial charge is 0.508 e.